The third kappa shape index (κ3) is 2.30. The highest BCUT2D eigenvalue weighted by Gasteiger charge is 2.18. The molecule has 0 bridgehead atoms. The molecule has 1 saturated heterocycles. The lowest BCUT2D eigenvalue weighted by molar-refractivity contribution is 0.0766. The summed E-state index contributed by atoms with van der Waals surface area (Å²) in [6, 6.07) is 0.263. The van der Waals surface area contributed by atoms with E-state index in [0.29, 0.717) is 6.61 Å². The van der Waals surface area contributed by atoms with Crippen molar-refractivity contribution in [1.82, 2.24) is 10.3 Å². The van der Waals surface area contributed by atoms with Crippen LogP contribution in [0.25, 0.3) is 0 Å². The Labute approximate surface area is 87.3 Å². The van der Waals surface area contributed by atoms with Gasteiger partial charge in [0.1, 0.15) is 5.01 Å². The number of nitrogens with zero attached hydrogens (tertiary/aromatic N) is 1. The summed E-state index contributed by atoms with van der Waals surface area (Å²) in [6.07, 6.45) is 0. The van der Waals surface area contributed by atoms with E-state index in [1.165, 1.54) is 0 Å². The van der Waals surface area contributed by atoms with E-state index in [-0.39, 0.29) is 6.04 Å². The molecular weight excluding hydrogens is 200 g/mol. The number of hydrogen-bond acceptors (Lipinski definition) is 5. The number of aromatic nitrogens is 1. The van der Waals surface area contributed by atoms with Gasteiger partial charge in [0.25, 0.3) is 0 Å². The molecule has 1 N–H and O–H groups in total. The van der Waals surface area contributed by atoms with Gasteiger partial charge in [-0.05, 0) is 0 Å². The lowest BCUT2D eigenvalue weighted by Gasteiger charge is -2.21. The fourth-order valence-corrected chi connectivity index (χ4v) is 2.28. The fourth-order valence-electron chi connectivity index (χ4n) is 1.42. The summed E-state index contributed by atoms with van der Waals surface area (Å²) in [6.45, 7) is 3.01. The van der Waals surface area contributed by atoms with Crippen molar-refractivity contribution in [3.8, 4) is 0 Å². The third-order valence-electron chi connectivity index (χ3n) is 2.08. The molecule has 0 saturated carbocycles. The highest BCUT2D eigenvalue weighted by Crippen LogP contribution is 2.20. The molecule has 0 spiro atoms. The molecule has 1 unspecified atom stereocenters. The Morgan fingerprint density at radius 2 is 2.71 bits per heavy atom. The van der Waals surface area contributed by atoms with Gasteiger partial charge < -0.3 is 14.8 Å². The number of rotatable bonds is 3. The number of ether oxygens (including phenoxy) is 2. The number of morpholine rings is 1. The van der Waals surface area contributed by atoms with Crippen LogP contribution in [0, 0.1) is 0 Å². The van der Waals surface area contributed by atoms with E-state index in [1.54, 1.807) is 18.4 Å². The van der Waals surface area contributed by atoms with E-state index >= 15 is 0 Å². The summed E-state index contributed by atoms with van der Waals surface area (Å²) < 4.78 is 10.4. The average Bonchev–Trinajstić information content (AvgIpc) is 2.68. The molecule has 1 aliphatic heterocycles. The van der Waals surface area contributed by atoms with Crippen molar-refractivity contribution in [3.63, 3.8) is 0 Å². The minimum Gasteiger partial charge on any atom is -0.378 e. The second kappa shape index (κ2) is 4.84. The predicted molar refractivity (Wildman–Crippen MR) is 54.4 cm³/mol. The van der Waals surface area contributed by atoms with Crippen LogP contribution in [0.2, 0.25) is 0 Å². The highest BCUT2D eigenvalue weighted by atomic mass is 32.1. The Kier molecular flexibility index (Phi) is 3.47. The molecule has 0 radical (unpaired) electrons. The SMILES string of the molecule is COCc1csc(C2COCCN2)n1. The molecule has 1 atom stereocenters. The van der Waals surface area contributed by atoms with Crippen molar-refractivity contribution in [2.75, 3.05) is 26.9 Å². The first kappa shape index (κ1) is 10.0. The van der Waals surface area contributed by atoms with Crippen LogP contribution in [0.1, 0.15) is 16.7 Å². The molecule has 78 valence electrons. The van der Waals surface area contributed by atoms with Crippen LogP contribution in [-0.4, -0.2) is 31.9 Å². The first-order chi connectivity index (χ1) is 6.90. The van der Waals surface area contributed by atoms with Crippen molar-refractivity contribution < 1.29 is 9.47 Å². The Balaban J connectivity index is 2.00. The number of hydrogen-bond donors (Lipinski definition) is 1. The maximum atomic E-state index is 5.38. The Morgan fingerprint density at radius 1 is 1.79 bits per heavy atom. The summed E-state index contributed by atoms with van der Waals surface area (Å²) in [7, 11) is 1.68. The quantitative estimate of drug-likeness (QED) is 0.813. The Bertz CT molecular complexity index is 284. The molecule has 0 amide bonds. The van der Waals surface area contributed by atoms with E-state index in [4.69, 9.17) is 9.47 Å². The summed E-state index contributed by atoms with van der Waals surface area (Å²) >= 11 is 1.66. The largest absolute Gasteiger partial charge is 0.378 e. The third-order valence-corrected chi connectivity index (χ3v) is 3.09. The van der Waals surface area contributed by atoms with E-state index in [0.717, 1.165) is 30.5 Å². The van der Waals surface area contributed by atoms with Gasteiger partial charge >= 0.3 is 0 Å². The van der Waals surface area contributed by atoms with Crippen LogP contribution in [-0.2, 0) is 16.1 Å². The average molecular weight is 214 g/mol. The predicted octanol–water partition coefficient (Wildman–Crippen LogP) is 0.950. The molecule has 14 heavy (non-hydrogen) atoms. The van der Waals surface area contributed by atoms with Crippen LogP contribution in [0.3, 0.4) is 0 Å². The zero-order chi connectivity index (χ0) is 9.80. The van der Waals surface area contributed by atoms with Gasteiger partial charge in [0.15, 0.2) is 0 Å². The lowest BCUT2D eigenvalue weighted by Crippen LogP contribution is -2.34. The summed E-state index contributed by atoms with van der Waals surface area (Å²) in [5.41, 5.74) is 1.000. The lowest BCUT2D eigenvalue weighted by atomic mass is 10.3. The molecule has 0 aliphatic carbocycles. The van der Waals surface area contributed by atoms with Gasteiger partial charge in [-0.3, -0.25) is 0 Å². The fraction of sp³-hybridized carbons (Fsp3) is 0.667. The summed E-state index contributed by atoms with van der Waals surface area (Å²) in [4.78, 5) is 4.47. The molecule has 1 aliphatic rings. The van der Waals surface area contributed by atoms with Gasteiger partial charge in [-0.1, -0.05) is 0 Å². The van der Waals surface area contributed by atoms with Crippen molar-refractivity contribution in [2.24, 2.45) is 0 Å². The van der Waals surface area contributed by atoms with Gasteiger partial charge in [-0.2, -0.15) is 0 Å². The van der Waals surface area contributed by atoms with E-state index in [1.807, 2.05) is 5.38 Å². The molecular formula is C9H14N2O2S. The number of methoxy groups -OCH3 is 1. The number of thiazole rings is 1. The highest BCUT2D eigenvalue weighted by molar-refractivity contribution is 7.09. The van der Waals surface area contributed by atoms with E-state index in [2.05, 4.69) is 10.3 Å². The molecule has 5 heteroatoms. The summed E-state index contributed by atoms with van der Waals surface area (Å²) in [5, 5.41) is 6.50. The van der Waals surface area contributed by atoms with Crippen LogP contribution in [0.5, 0.6) is 0 Å². The Morgan fingerprint density at radius 3 is 3.43 bits per heavy atom. The topological polar surface area (TPSA) is 43.4 Å². The maximum Gasteiger partial charge on any atom is 0.112 e. The minimum atomic E-state index is 0.263. The van der Waals surface area contributed by atoms with Crippen LogP contribution >= 0.6 is 11.3 Å². The van der Waals surface area contributed by atoms with Crippen LogP contribution < -0.4 is 5.32 Å². The van der Waals surface area contributed by atoms with E-state index in [9.17, 15) is 0 Å². The number of nitrogens with one attached hydrogen (secondary N) is 1. The maximum absolute atomic E-state index is 5.38. The smallest absolute Gasteiger partial charge is 0.112 e. The molecule has 2 heterocycles. The van der Waals surface area contributed by atoms with Gasteiger partial charge in [0, 0.05) is 19.0 Å². The van der Waals surface area contributed by atoms with E-state index < -0.39 is 0 Å². The van der Waals surface area contributed by atoms with Gasteiger partial charge in [0.2, 0.25) is 0 Å². The van der Waals surface area contributed by atoms with Gasteiger partial charge in [-0.25, -0.2) is 4.98 Å². The zero-order valence-electron chi connectivity index (χ0n) is 8.16. The normalized spacial score (nSPS) is 22.5. The molecule has 4 nitrogen and oxygen atoms in total. The second-order valence-corrected chi connectivity index (χ2v) is 4.08. The summed E-state index contributed by atoms with van der Waals surface area (Å²) in [5.74, 6) is 0. The monoisotopic (exact) mass is 214 g/mol. The molecule has 1 fully saturated rings. The standard InChI is InChI=1S/C9H14N2O2S/c1-12-4-7-6-14-9(11-7)8-5-13-3-2-10-8/h6,8,10H,2-5H2,1H3. The molecule has 1 aromatic rings. The van der Waals surface area contributed by atoms with Crippen molar-refractivity contribution in [2.45, 2.75) is 12.6 Å². The van der Waals surface area contributed by atoms with Gasteiger partial charge in [0.05, 0.1) is 31.6 Å². The van der Waals surface area contributed by atoms with Crippen LogP contribution in [0.15, 0.2) is 5.38 Å². The van der Waals surface area contributed by atoms with Crippen LogP contribution in [0.4, 0.5) is 0 Å². The zero-order valence-corrected chi connectivity index (χ0v) is 8.97. The second-order valence-electron chi connectivity index (χ2n) is 3.19. The van der Waals surface area contributed by atoms with Gasteiger partial charge in [-0.15, -0.1) is 11.3 Å². The molecule has 2 rings (SSSR count). The molecule has 0 aromatic carbocycles. The first-order valence-corrected chi connectivity index (χ1v) is 5.52. The minimum absolute atomic E-state index is 0.263. The van der Waals surface area contributed by atoms with Crippen molar-refractivity contribution >= 4 is 11.3 Å². The first-order valence-electron chi connectivity index (χ1n) is 4.64. The van der Waals surface area contributed by atoms with Crippen molar-refractivity contribution in [3.05, 3.63) is 16.1 Å². The Hall–Kier alpha value is -0.490. The molecule has 1 aromatic heterocycles. The van der Waals surface area contributed by atoms with Crippen molar-refractivity contribution in [1.29, 1.82) is 0 Å².